The van der Waals surface area contributed by atoms with E-state index < -0.39 is 5.91 Å². The van der Waals surface area contributed by atoms with Crippen molar-refractivity contribution in [3.05, 3.63) is 0 Å². The lowest BCUT2D eigenvalue weighted by Crippen LogP contribution is -2.44. The summed E-state index contributed by atoms with van der Waals surface area (Å²) < 4.78 is 5.06. The van der Waals surface area contributed by atoms with Gasteiger partial charge in [-0.1, -0.05) is 0 Å². The van der Waals surface area contributed by atoms with Crippen LogP contribution in [0.15, 0.2) is 0 Å². The van der Waals surface area contributed by atoms with Gasteiger partial charge in [-0.25, -0.2) is 0 Å². The molecule has 2 atom stereocenters. The average Bonchev–Trinajstić information content (AvgIpc) is 2.48. The second-order valence-corrected chi connectivity index (χ2v) is 3.47. The fourth-order valence-corrected chi connectivity index (χ4v) is 1.42. The molecule has 6 heteroatoms. The summed E-state index contributed by atoms with van der Waals surface area (Å²) in [4.78, 5) is 23.5. The molecule has 1 aliphatic heterocycles. The molecule has 0 radical (unpaired) electrons. The summed E-state index contributed by atoms with van der Waals surface area (Å²) in [6.45, 7) is 0.631. The molecule has 0 aromatic heterocycles. The van der Waals surface area contributed by atoms with E-state index >= 15 is 0 Å². The van der Waals surface area contributed by atoms with Gasteiger partial charge in [0.05, 0.1) is 25.7 Å². The van der Waals surface area contributed by atoms with Crippen LogP contribution < -0.4 is 11.5 Å². The number of hydrogen-bond acceptors (Lipinski definition) is 4. The zero-order valence-electron chi connectivity index (χ0n) is 8.10. The summed E-state index contributed by atoms with van der Waals surface area (Å²) >= 11 is 0. The van der Waals surface area contributed by atoms with Gasteiger partial charge in [-0.05, 0) is 0 Å². The highest BCUT2D eigenvalue weighted by Crippen LogP contribution is 2.13. The van der Waals surface area contributed by atoms with Gasteiger partial charge >= 0.3 is 0 Å². The smallest absolute Gasteiger partial charge is 0.237 e. The van der Waals surface area contributed by atoms with Crippen molar-refractivity contribution in [2.24, 2.45) is 17.4 Å². The highest BCUT2D eigenvalue weighted by Gasteiger charge is 2.33. The molecule has 1 aliphatic rings. The molecule has 0 aliphatic carbocycles. The van der Waals surface area contributed by atoms with Gasteiger partial charge in [-0.15, -0.1) is 0 Å². The van der Waals surface area contributed by atoms with Gasteiger partial charge in [0.1, 0.15) is 0 Å². The van der Waals surface area contributed by atoms with Crippen molar-refractivity contribution in [3.63, 3.8) is 0 Å². The molecular weight excluding hydrogens is 186 g/mol. The molecule has 0 aromatic carbocycles. The molecule has 6 nitrogen and oxygen atoms in total. The lowest BCUT2D eigenvalue weighted by Gasteiger charge is -2.20. The van der Waals surface area contributed by atoms with Crippen molar-refractivity contribution in [2.75, 3.05) is 26.8 Å². The number of carbonyl (C=O) groups is 2. The normalized spacial score (nSPS) is 26.1. The molecular formula is C8H15N3O3. The SMILES string of the molecule is CN(CC(N)=O)C(=O)C1COCC1N. The number of likely N-dealkylation sites (N-methyl/N-ethyl adjacent to an activating group) is 1. The topological polar surface area (TPSA) is 98.6 Å². The average molecular weight is 201 g/mol. The largest absolute Gasteiger partial charge is 0.379 e. The van der Waals surface area contributed by atoms with Crippen molar-refractivity contribution in [1.82, 2.24) is 4.90 Å². The first kappa shape index (κ1) is 10.9. The lowest BCUT2D eigenvalue weighted by atomic mass is 10.0. The number of nitrogens with zero attached hydrogens (tertiary/aromatic N) is 1. The number of ether oxygens (including phenoxy) is 1. The third kappa shape index (κ3) is 2.43. The minimum atomic E-state index is -0.534. The maximum Gasteiger partial charge on any atom is 0.237 e. The van der Waals surface area contributed by atoms with Crippen LogP contribution in [-0.4, -0.2) is 49.6 Å². The minimum Gasteiger partial charge on any atom is -0.379 e. The van der Waals surface area contributed by atoms with Crippen LogP contribution in [0.4, 0.5) is 0 Å². The molecule has 1 rings (SSSR count). The van der Waals surface area contributed by atoms with Crippen LogP contribution >= 0.6 is 0 Å². The lowest BCUT2D eigenvalue weighted by molar-refractivity contribution is -0.137. The van der Waals surface area contributed by atoms with E-state index in [0.717, 1.165) is 0 Å². The van der Waals surface area contributed by atoms with Gasteiger partial charge in [0.15, 0.2) is 0 Å². The number of rotatable bonds is 3. The third-order valence-electron chi connectivity index (χ3n) is 2.21. The van der Waals surface area contributed by atoms with E-state index in [2.05, 4.69) is 0 Å². The number of carbonyl (C=O) groups excluding carboxylic acids is 2. The molecule has 4 N–H and O–H groups in total. The summed E-state index contributed by atoms with van der Waals surface area (Å²) in [6.07, 6.45) is 0. The van der Waals surface area contributed by atoms with E-state index in [4.69, 9.17) is 16.2 Å². The molecule has 0 aromatic rings. The molecule has 1 heterocycles. The summed E-state index contributed by atoms with van der Waals surface area (Å²) in [6, 6.07) is -0.280. The Balaban J connectivity index is 2.51. The summed E-state index contributed by atoms with van der Waals surface area (Å²) in [5.41, 5.74) is 10.6. The number of hydrogen-bond donors (Lipinski definition) is 2. The first-order chi connectivity index (χ1) is 6.52. The van der Waals surface area contributed by atoms with Crippen molar-refractivity contribution in [2.45, 2.75) is 6.04 Å². The summed E-state index contributed by atoms with van der Waals surface area (Å²) in [5.74, 6) is -1.07. The van der Waals surface area contributed by atoms with Gasteiger partial charge < -0.3 is 21.1 Å². The Kier molecular flexibility index (Phi) is 3.43. The Hall–Kier alpha value is -1.14. The Labute approximate surface area is 82.2 Å². The highest BCUT2D eigenvalue weighted by molar-refractivity contribution is 5.85. The molecule has 80 valence electrons. The van der Waals surface area contributed by atoms with Crippen LogP contribution in [0, 0.1) is 5.92 Å². The van der Waals surface area contributed by atoms with Crippen LogP contribution in [0.2, 0.25) is 0 Å². The van der Waals surface area contributed by atoms with Crippen molar-refractivity contribution >= 4 is 11.8 Å². The molecule has 0 spiro atoms. The maximum atomic E-state index is 11.6. The zero-order valence-corrected chi connectivity index (χ0v) is 8.10. The molecule has 2 amide bonds. The number of amides is 2. The Morgan fingerprint density at radius 3 is 2.57 bits per heavy atom. The van der Waals surface area contributed by atoms with E-state index in [-0.39, 0.29) is 24.4 Å². The van der Waals surface area contributed by atoms with Gasteiger partial charge in [0, 0.05) is 13.1 Å². The van der Waals surface area contributed by atoms with Gasteiger partial charge in [0.25, 0.3) is 0 Å². The minimum absolute atomic E-state index is 0.0813. The van der Waals surface area contributed by atoms with E-state index in [1.165, 1.54) is 11.9 Å². The van der Waals surface area contributed by atoms with Crippen LogP contribution in [0.1, 0.15) is 0 Å². The first-order valence-electron chi connectivity index (χ1n) is 4.39. The number of primary amides is 1. The Morgan fingerprint density at radius 2 is 2.14 bits per heavy atom. The first-order valence-corrected chi connectivity index (χ1v) is 4.39. The van der Waals surface area contributed by atoms with Gasteiger partial charge in [-0.2, -0.15) is 0 Å². The molecule has 1 fully saturated rings. The maximum absolute atomic E-state index is 11.6. The predicted octanol–water partition coefficient (Wildman–Crippen LogP) is -2.10. The monoisotopic (exact) mass is 201 g/mol. The summed E-state index contributed by atoms with van der Waals surface area (Å²) in [5, 5.41) is 0. The predicted molar refractivity (Wildman–Crippen MR) is 49.1 cm³/mol. The summed E-state index contributed by atoms with van der Waals surface area (Å²) in [7, 11) is 1.53. The van der Waals surface area contributed by atoms with E-state index in [1.54, 1.807) is 0 Å². The van der Waals surface area contributed by atoms with Crippen molar-refractivity contribution in [3.8, 4) is 0 Å². The fourth-order valence-electron chi connectivity index (χ4n) is 1.42. The van der Waals surface area contributed by atoms with Crippen LogP contribution in [0.3, 0.4) is 0 Å². The van der Waals surface area contributed by atoms with E-state index in [9.17, 15) is 9.59 Å². The van der Waals surface area contributed by atoms with E-state index in [1.807, 2.05) is 0 Å². The molecule has 1 saturated heterocycles. The molecule has 14 heavy (non-hydrogen) atoms. The van der Waals surface area contributed by atoms with E-state index in [0.29, 0.717) is 13.2 Å². The fraction of sp³-hybridized carbons (Fsp3) is 0.750. The van der Waals surface area contributed by atoms with Gasteiger partial charge in [0.2, 0.25) is 11.8 Å². The molecule has 2 unspecified atom stereocenters. The second kappa shape index (κ2) is 4.39. The number of nitrogens with two attached hydrogens (primary N) is 2. The Morgan fingerprint density at radius 1 is 1.50 bits per heavy atom. The van der Waals surface area contributed by atoms with Crippen molar-refractivity contribution < 1.29 is 14.3 Å². The standard InChI is InChI=1S/C8H15N3O3/c1-11(2-7(10)12)8(13)5-3-14-4-6(5)9/h5-6H,2-4,9H2,1H3,(H2,10,12). The molecule has 0 saturated carbocycles. The second-order valence-electron chi connectivity index (χ2n) is 3.47. The zero-order chi connectivity index (χ0) is 10.7. The third-order valence-corrected chi connectivity index (χ3v) is 2.21. The van der Waals surface area contributed by atoms with Gasteiger partial charge in [-0.3, -0.25) is 9.59 Å². The quantitative estimate of drug-likeness (QED) is 0.546. The Bertz CT molecular complexity index is 244. The van der Waals surface area contributed by atoms with Crippen LogP contribution in [0.5, 0.6) is 0 Å². The highest BCUT2D eigenvalue weighted by atomic mass is 16.5. The van der Waals surface area contributed by atoms with Crippen LogP contribution in [0.25, 0.3) is 0 Å². The van der Waals surface area contributed by atoms with Crippen molar-refractivity contribution in [1.29, 1.82) is 0 Å². The molecule has 0 bridgehead atoms. The van der Waals surface area contributed by atoms with Crippen LogP contribution in [-0.2, 0) is 14.3 Å².